The lowest BCUT2D eigenvalue weighted by molar-refractivity contribution is 0.415. The average molecular weight is 267 g/mol. The zero-order valence-corrected chi connectivity index (χ0v) is 10.9. The molecule has 3 rings (SSSR count). The normalized spacial score (nSPS) is 10.4. The number of nitrogens with two attached hydrogens (primary N) is 1. The molecule has 2 N–H and O–H groups in total. The maximum Gasteiger partial charge on any atom is 0.250 e. The van der Waals surface area contributed by atoms with E-state index in [1.54, 1.807) is 36.4 Å². The van der Waals surface area contributed by atoms with Crippen molar-refractivity contribution in [2.45, 2.75) is 0 Å². The molecule has 2 aromatic heterocycles. The van der Waals surface area contributed by atoms with Crippen LogP contribution in [0.4, 0.5) is 5.69 Å². The van der Waals surface area contributed by atoms with Crippen molar-refractivity contribution in [1.82, 2.24) is 19.7 Å². The van der Waals surface area contributed by atoms with Crippen molar-refractivity contribution in [2.24, 2.45) is 0 Å². The number of benzene rings is 1. The van der Waals surface area contributed by atoms with Gasteiger partial charge in [-0.1, -0.05) is 12.1 Å². The Morgan fingerprint density at radius 3 is 2.70 bits per heavy atom. The molecular weight excluding hydrogens is 254 g/mol. The van der Waals surface area contributed by atoms with E-state index in [1.807, 2.05) is 24.3 Å². The molecule has 0 aliphatic rings. The third-order valence-corrected chi connectivity index (χ3v) is 2.84. The molecule has 0 unspecified atom stereocenters. The van der Waals surface area contributed by atoms with E-state index in [1.165, 1.54) is 0 Å². The number of methoxy groups -OCH3 is 1. The summed E-state index contributed by atoms with van der Waals surface area (Å²) < 4.78 is 6.77. The zero-order chi connectivity index (χ0) is 13.9. The SMILES string of the molecule is COc1cccc(-c2nn(-c3ncccn3)cc2N)c1. The number of hydrogen-bond acceptors (Lipinski definition) is 5. The Morgan fingerprint density at radius 2 is 1.95 bits per heavy atom. The van der Waals surface area contributed by atoms with E-state index in [-0.39, 0.29) is 0 Å². The van der Waals surface area contributed by atoms with Gasteiger partial charge in [0.2, 0.25) is 0 Å². The number of ether oxygens (including phenoxy) is 1. The molecule has 6 nitrogen and oxygen atoms in total. The van der Waals surface area contributed by atoms with Crippen molar-refractivity contribution in [3.63, 3.8) is 0 Å². The first-order valence-corrected chi connectivity index (χ1v) is 6.05. The van der Waals surface area contributed by atoms with E-state index < -0.39 is 0 Å². The molecule has 0 spiro atoms. The van der Waals surface area contributed by atoms with Crippen LogP contribution in [0.25, 0.3) is 17.2 Å². The van der Waals surface area contributed by atoms with E-state index in [4.69, 9.17) is 10.5 Å². The second-order valence-corrected chi connectivity index (χ2v) is 4.16. The summed E-state index contributed by atoms with van der Waals surface area (Å²) in [6.45, 7) is 0. The molecule has 0 bridgehead atoms. The fourth-order valence-electron chi connectivity index (χ4n) is 1.89. The van der Waals surface area contributed by atoms with Gasteiger partial charge >= 0.3 is 0 Å². The Balaban J connectivity index is 2.05. The quantitative estimate of drug-likeness (QED) is 0.784. The van der Waals surface area contributed by atoms with Gasteiger partial charge in [0.05, 0.1) is 19.0 Å². The van der Waals surface area contributed by atoms with Gasteiger partial charge in [-0.3, -0.25) is 0 Å². The summed E-state index contributed by atoms with van der Waals surface area (Å²) in [5, 5.41) is 4.44. The van der Waals surface area contributed by atoms with Crippen molar-refractivity contribution in [2.75, 3.05) is 12.8 Å². The third-order valence-electron chi connectivity index (χ3n) is 2.84. The lowest BCUT2D eigenvalue weighted by Crippen LogP contribution is -2.00. The number of anilines is 1. The summed E-state index contributed by atoms with van der Waals surface area (Å²) in [6, 6.07) is 9.33. The molecule has 0 saturated heterocycles. The molecule has 0 aliphatic heterocycles. The van der Waals surface area contributed by atoms with Gasteiger partial charge in [0.15, 0.2) is 0 Å². The predicted molar refractivity (Wildman–Crippen MR) is 75.6 cm³/mol. The van der Waals surface area contributed by atoms with Crippen LogP contribution in [0.3, 0.4) is 0 Å². The topological polar surface area (TPSA) is 78.8 Å². The van der Waals surface area contributed by atoms with Crippen molar-refractivity contribution in [3.8, 4) is 23.0 Å². The molecule has 20 heavy (non-hydrogen) atoms. The first-order chi connectivity index (χ1) is 9.78. The smallest absolute Gasteiger partial charge is 0.250 e. The third kappa shape index (κ3) is 2.18. The predicted octanol–water partition coefficient (Wildman–Crippen LogP) is 1.92. The summed E-state index contributed by atoms with van der Waals surface area (Å²) >= 11 is 0. The van der Waals surface area contributed by atoms with E-state index in [0.717, 1.165) is 11.3 Å². The maximum absolute atomic E-state index is 6.02. The highest BCUT2D eigenvalue weighted by Gasteiger charge is 2.11. The minimum atomic E-state index is 0.480. The Bertz CT molecular complexity index is 723. The lowest BCUT2D eigenvalue weighted by atomic mass is 10.1. The van der Waals surface area contributed by atoms with Crippen LogP contribution in [0.15, 0.2) is 48.9 Å². The molecule has 0 atom stereocenters. The van der Waals surface area contributed by atoms with Crippen LogP contribution >= 0.6 is 0 Å². The first kappa shape index (κ1) is 12.2. The average Bonchev–Trinajstić information content (AvgIpc) is 2.90. The van der Waals surface area contributed by atoms with E-state index in [2.05, 4.69) is 15.1 Å². The molecule has 0 aliphatic carbocycles. The highest BCUT2D eigenvalue weighted by atomic mass is 16.5. The van der Waals surface area contributed by atoms with Gasteiger partial charge in [-0.25, -0.2) is 14.6 Å². The van der Waals surface area contributed by atoms with Crippen molar-refractivity contribution >= 4 is 5.69 Å². The largest absolute Gasteiger partial charge is 0.497 e. The van der Waals surface area contributed by atoms with Crippen molar-refractivity contribution < 1.29 is 4.74 Å². The Labute approximate surface area is 115 Å². The fraction of sp³-hybridized carbons (Fsp3) is 0.0714. The summed E-state index contributed by atoms with van der Waals surface area (Å²) in [7, 11) is 1.62. The van der Waals surface area contributed by atoms with Gasteiger partial charge in [-0.2, -0.15) is 5.10 Å². The zero-order valence-electron chi connectivity index (χ0n) is 10.9. The number of nitrogens with zero attached hydrogens (tertiary/aromatic N) is 4. The van der Waals surface area contributed by atoms with Crippen molar-refractivity contribution in [3.05, 3.63) is 48.9 Å². The van der Waals surface area contributed by atoms with Gasteiger partial charge in [-0.05, 0) is 18.2 Å². The van der Waals surface area contributed by atoms with Crippen molar-refractivity contribution in [1.29, 1.82) is 0 Å². The summed E-state index contributed by atoms with van der Waals surface area (Å²) in [5.41, 5.74) is 8.15. The minimum Gasteiger partial charge on any atom is -0.497 e. The molecule has 1 aromatic carbocycles. The number of rotatable bonds is 3. The highest BCUT2D eigenvalue weighted by Crippen LogP contribution is 2.27. The van der Waals surface area contributed by atoms with Crippen LogP contribution in [0.5, 0.6) is 5.75 Å². The van der Waals surface area contributed by atoms with Crippen LogP contribution in [0.2, 0.25) is 0 Å². The summed E-state index contributed by atoms with van der Waals surface area (Å²) in [4.78, 5) is 8.28. The fourth-order valence-corrected chi connectivity index (χ4v) is 1.89. The number of hydrogen-bond donors (Lipinski definition) is 1. The van der Waals surface area contributed by atoms with Gasteiger partial charge in [0, 0.05) is 18.0 Å². The van der Waals surface area contributed by atoms with E-state index in [0.29, 0.717) is 17.3 Å². The molecule has 0 fully saturated rings. The molecule has 3 aromatic rings. The van der Waals surface area contributed by atoms with E-state index in [9.17, 15) is 0 Å². The summed E-state index contributed by atoms with van der Waals surface area (Å²) in [6.07, 6.45) is 5.01. The van der Waals surface area contributed by atoms with Gasteiger partial charge in [0.1, 0.15) is 11.4 Å². The Morgan fingerprint density at radius 1 is 1.15 bits per heavy atom. The molecule has 0 amide bonds. The van der Waals surface area contributed by atoms with Gasteiger partial charge in [0.25, 0.3) is 5.95 Å². The monoisotopic (exact) mass is 267 g/mol. The number of aromatic nitrogens is 4. The molecule has 2 heterocycles. The lowest BCUT2D eigenvalue weighted by Gasteiger charge is -2.02. The standard InChI is InChI=1S/C14H13N5O/c1-20-11-5-2-4-10(8-11)13-12(15)9-19(18-13)14-16-6-3-7-17-14/h2-9H,15H2,1H3. The molecule has 100 valence electrons. The van der Waals surface area contributed by atoms with Crippen LogP contribution in [0.1, 0.15) is 0 Å². The minimum absolute atomic E-state index is 0.480. The molecule has 6 heteroatoms. The van der Waals surface area contributed by atoms with Crippen LogP contribution in [-0.4, -0.2) is 26.9 Å². The van der Waals surface area contributed by atoms with E-state index >= 15 is 0 Å². The Kier molecular flexibility index (Phi) is 3.04. The van der Waals surface area contributed by atoms with Crippen LogP contribution in [-0.2, 0) is 0 Å². The molecular formula is C14H13N5O. The number of nitrogen functional groups attached to an aromatic ring is 1. The highest BCUT2D eigenvalue weighted by molar-refractivity contribution is 5.73. The second-order valence-electron chi connectivity index (χ2n) is 4.16. The summed E-state index contributed by atoms with van der Waals surface area (Å²) in [5.74, 6) is 1.24. The van der Waals surface area contributed by atoms with Crippen LogP contribution in [0, 0.1) is 0 Å². The second kappa shape index (κ2) is 5.00. The first-order valence-electron chi connectivity index (χ1n) is 6.05. The molecule has 0 saturated carbocycles. The maximum atomic E-state index is 6.02. The molecule has 0 radical (unpaired) electrons. The van der Waals surface area contributed by atoms with Gasteiger partial charge in [-0.15, -0.1) is 0 Å². The van der Waals surface area contributed by atoms with Crippen LogP contribution < -0.4 is 10.5 Å². The Hall–Kier alpha value is -2.89. The van der Waals surface area contributed by atoms with Gasteiger partial charge < -0.3 is 10.5 Å².